The molecule has 0 atom stereocenters. The monoisotopic (exact) mass is 392 g/mol. The molecule has 1 aromatic carbocycles. The predicted molar refractivity (Wildman–Crippen MR) is 91.6 cm³/mol. The molecule has 1 aliphatic rings. The molecule has 1 saturated carbocycles. The second kappa shape index (κ2) is 6.72. The minimum absolute atomic E-state index is 0.00756. The lowest BCUT2D eigenvalue weighted by Gasteiger charge is -2.42. The van der Waals surface area contributed by atoms with E-state index in [0.717, 1.165) is 19.3 Å². The fourth-order valence-electron chi connectivity index (χ4n) is 3.03. The summed E-state index contributed by atoms with van der Waals surface area (Å²) in [5.74, 6) is -0.496. The molecule has 7 nitrogen and oxygen atoms in total. The highest BCUT2D eigenvalue weighted by Crippen LogP contribution is 2.43. The van der Waals surface area contributed by atoms with Crippen molar-refractivity contribution in [1.82, 2.24) is 15.1 Å². The van der Waals surface area contributed by atoms with E-state index in [1.165, 1.54) is 16.4 Å². The molecule has 1 aliphatic carbocycles. The SMILES string of the molecule is O=C(Cn1cc(Br)c([N+](=O)[O-])n1)NCC1(c2ccccc2)CCC1. The molecule has 24 heavy (non-hydrogen) atoms. The molecule has 1 heterocycles. The summed E-state index contributed by atoms with van der Waals surface area (Å²) >= 11 is 3.07. The fraction of sp³-hybridized carbons (Fsp3) is 0.375. The number of halogens is 1. The fourth-order valence-corrected chi connectivity index (χ4v) is 3.49. The third kappa shape index (κ3) is 3.33. The number of nitrogens with one attached hydrogen (secondary N) is 1. The largest absolute Gasteiger partial charge is 0.404 e. The van der Waals surface area contributed by atoms with Gasteiger partial charge in [0, 0.05) is 12.0 Å². The van der Waals surface area contributed by atoms with Crippen LogP contribution in [0.4, 0.5) is 5.82 Å². The van der Waals surface area contributed by atoms with Crippen molar-refractivity contribution in [3.05, 3.63) is 56.7 Å². The molecule has 1 fully saturated rings. The van der Waals surface area contributed by atoms with E-state index in [1.807, 2.05) is 18.2 Å². The van der Waals surface area contributed by atoms with Gasteiger partial charge in [0.1, 0.15) is 11.0 Å². The number of carbonyl (C=O) groups excluding carboxylic acids is 1. The maximum atomic E-state index is 12.2. The van der Waals surface area contributed by atoms with Crippen LogP contribution >= 0.6 is 15.9 Å². The normalized spacial score (nSPS) is 15.5. The van der Waals surface area contributed by atoms with Gasteiger partial charge in [-0.3, -0.25) is 4.79 Å². The van der Waals surface area contributed by atoms with Crippen LogP contribution < -0.4 is 5.32 Å². The molecule has 2 aromatic rings. The van der Waals surface area contributed by atoms with E-state index >= 15 is 0 Å². The van der Waals surface area contributed by atoms with Gasteiger partial charge < -0.3 is 15.4 Å². The van der Waals surface area contributed by atoms with Gasteiger partial charge in [0.2, 0.25) is 5.91 Å². The molecule has 1 aromatic heterocycles. The van der Waals surface area contributed by atoms with Crippen molar-refractivity contribution in [3.63, 3.8) is 0 Å². The number of amides is 1. The first kappa shape index (κ1) is 16.6. The Morgan fingerprint density at radius 2 is 2.08 bits per heavy atom. The quantitative estimate of drug-likeness (QED) is 0.604. The first-order valence-corrected chi connectivity index (χ1v) is 8.49. The first-order chi connectivity index (χ1) is 11.5. The molecule has 0 saturated heterocycles. The summed E-state index contributed by atoms with van der Waals surface area (Å²) in [4.78, 5) is 22.4. The zero-order valence-corrected chi connectivity index (χ0v) is 14.5. The number of hydrogen-bond donors (Lipinski definition) is 1. The molecule has 0 radical (unpaired) electrons. The van der Waals surface area contributed by atoms with Crippen LogP contribution in [0.25, 0.3) is 0 Å². The second-order valence-corrected chi connectivity index (χ2v) is 6.89. The Labute approximate surface area is 147 Å². The van der Waals surface area contributed by atoms with Crippen molar-refractivity contribution in [3.8, 4) is 0 Å². The van der Waals surface area contributed by atoms with E-state index in [1.54, 1.807) is 0 Å². The standard InChI is InChI=1S/C16H17BrN4O3/c17-13-9-20(19-15(13)21(23)24)10-14(22)18-11-16(7-4-8-16)12-5-2-1-3-6-12/h1-3,5-6,9H,4,7-8,10-11H2,(H,18,22). The summed E-state index contributed by atoms with van der Waals surface area (Å²) < 4.78 is 1.54. The van der Waals surface area contributed by atoms with Gasteiger partial charge in [0.25, 0.3) is 0 Å². The van der Waals surface area contributed by atoms with Gasteiger partial charge in [0.05, 0.1) is 11.3 Å². The van der Waals surface area contributed by atoms with Crippen LogP contribution in [0.3, 0.4) is 0 Å². The smallest absolute Gasteiger partial charge is 0.358 e. The van der Waals surface area contributed by atoms with Crippen LogP contribution in [0.15, 0.2) is 41.0 Å². The van der Waals surface area contributed by atoms with Gasteiger partial charge in [-0.1, -0.05) is 36.8 Å². The molecule has 0 spiro atoms. The molecule has 3 rings (SSSR count). The molecule has 1 amide bonds. The first-order valence-electron chi connectivity index (χ1n) is 7.70. The van der Waals surface area contributed by atoms with E-state index in [2.05, 4.69) is 38.5 Å². The Morgan fingerprint density at radius 3 is 2.62 bits per heavy atom. The Kier molecular flexibility index (Phi) is 4.66. The van der Waals surface area contributed by atoms with E-state index in [0.29, 0.717) is 6.54 Å². The van der Waals surface area contributed by atoms with Gasteiger partial charge in [-0.25, -0.2) is 0 Å². The summed E-state index contributed by atoms with van der Waals surface area (Å²) in [6.07, 6.45) is 4.70. The number of nitrogens with zero attached hydrogens (tertiary/aromatic N) is 3. The minimum atomic E-state index is -0.586. The summed E-state index contributed by atoms with van der Waals surface area (Å²) in [6.45, 7) is 0.525. The topological polar surface area (TPSA) is 90.1 Å². The van der Waals surface area contributed by atoms with E-state index in [4.69, 9.17) is 0 Å². The number of benzene rings is 1. The summed E-state index contributed by atoms with van der Waals surface area (Å²) in [5, 5.41) is 17.5. The van der Waals surface area contributed by atoms with Crippen molar-refractivity contribution >= 4 is 27.7 Å². The average molecular weight is 393 g/mol. The lowest BCUT2D eigenvalue weighted by atomic mass is 9.64. The Hall–Kier alpha value is -2.22. The van der Waals surface area contributed by atoms with Gasteiger partial charge in [0.15, 0.2) is 0 Å². The molecule has 0 bridgehead atoms. The summed E-state index contributed by atoms with van der Waals surface area (Å²) in [6, 6.07) is 10.2. The Morgan fingerprint density at radius 1 is 1.38 bits per heavy atom. The third-order valence-corrected chi connectivity index (χ3v) is 5.06. The van der Waals surface area contributed by atoms with Crippen LogP contribution in [-0.4, -0.2) is 27.2 Å². The van der Waals surface area contributed by atoms with Crippen LogP contribution in [0.1, 0.15) is 24.8 Å². The highest BCUT2D eigenvalue weighted by molar-refractivity contribution is 9.10. The number of carbonyl (C=O) groups is 1. The maximum Gasteiger partial charge on any atom is 0.404 e. The molecular formula is C16H17BrN4O3. The molecule has 0 aliphatic heterocycles. The van der Waals surface area contributed by atoms with E-state index < -0.39 is 4.92 Å². The van der Waals surface area contributed by atoms with Crippen LogP contribution in [0.2, 0.25) is 0 Å². The van der Waals surface area contributed by atoms with Crippen molar-refractivity contribution in [2.24, 2.45) is 0 Å². The zero-order chi connectivity index (χ0) is 17.2. The van der Waals surface area contributed by atoms with Gasteiger partial charge >= 0.3 is 5.82 Å². The van der Waals surface area contributed by atoms with Gasteiger partial charge in [-0.05, 0) is 39.3 Å². The number of aromatic nitrogens is 2. The second-order valence-electron chi connectivity index (χ2n) is 6.03. The van der Waals surface area contributed by atoms with Crippen molar-refractivity contribution in [2.45, 2.75) is 31.2 Å². The predicted octanol–water partition coefficient (Wildman–Crippen LogP) is 2.79. The average Bonchev–Trinajstić information content (AvgIpc) is 2.88. The third-order valence-electron chi connectivity index (χ3n) is 4.50. The van der Waals surface area contributed by atoms with E-state index in [-0.39, 0.29) is 28.2 Å². The molecule has 8 heteroatoms. The Bertz CT molecular complexity index is 756. The van der Waals surface area contributed by atoms with Crippen molar-refractivity contribution in [1.29, 1.82) is 0 Å². The summed E-state index contributed by atoms with van der Waals surface area (Å²) in [5.41, 5.74) is 1.25. The highest BCUT2D eigenvalue weighted by atomic mass is 79.9. The minimum Gasteiger partial charge on any atom is -0.358 e. The van der Waals surface area contributed by atoms with Crippen LogP contribution in [0.5, 0.6) is 0 Å². The Balaban J connectivity index is 1.61. The molecule has 1 N–H and O–H groups in total. The molecular weight excluding hydrogens is 376 g/mol. The van der Waals surface area contributed by atoms with Gasteiger partial charge in [-0.2, -0.15) is 4.68 Å². The zero-order valence-electron chi connectivity index (χ0n) is 12.9. The van der Waals surface area contributed by atoms with E-state index in [9.17, 15) is 14.9 Å². The molecule has 0 unspecified atom stereocenters. The lowest BCUT2D eigenvalue weighted by Crippen LogP contribution is -2.46. The van der Waals surface area contributed by atoms with Crippen LogP contribution in [-0.2, 0) is 16.8 Å². The van der Waals surface area contributed by atoms with Gasteiger partial charge in [-0.15, -0.1) is 0 Å². The number of nitro groups is 1. The maximum absolute atomic E-state index is 12.2. The van der Waals surface area contributed by atoms with Crippen LogP contribution in [0, 0.1) is 10.1 Å². The number of hydrogen-bond acceptors (Lipinski definition) is 4. The van der Waals surface area contributed by atoms with Crippen molar-refractivity contribution < 1.29 is 9.72 Å². The highest BCUT2D eigenvalue weighted by Gasteiger charge is 2.38. The summed E-state index contributed by atoms with van der Waals surface area (Å²) in [7, 11) is 0. The lowest BCUT2D eigenvalue weighted by molar-refractivity contribution is -0.390. The number of rotatable bonds is 6. The van der Waals surface area contributed by atoms with Crippen molar-refractivity contribution in [2.75, 3.05) is 6.54 Å². The molecule has 126 valence electrons.